The van der Waals surface area contributed by atoms with E-state index in [4.69, 9.17) is 15.6 Å². The number of hydrogen-bond acceptors (Lipinski definition) is 4. The Kier molecular flexibility index (Phi) is 3.58. The first-order valence-corrected chi connectivity index (χ1v) is 7.09. The van der Waals surface area contributed by atoms with Crippen LogP contribution in [0.2, 0.25) is 0 Å². The molecule has 100 valence electrons. The summed E-state index contributed by atoms with van der Waals surface area (Å²) in [6, 6.07) is 7.23. The molecule has 1 aliphatic heterocycles. The summed E-state index contributed by atoms with van der Waals surface area (Å²) in [4.78, 5) is 0. The lowest BCUT2D eigenvalue weighted by molar-refractivity contribution is 0.413. The molecule has 0 spiro atoms. The van der Waals surface area contributed by atoms with Gasteiger partial charge in [0.1, 0.15) is 5.75 Å². The molecule has 7 heteroatoms. The fourth-order valence-corrected chi connectivity index (χ4v) is 2.97. The monoisotopic (exact) mass is 271 g/mol. The van der Waals surface area contributed by atoms with Crippen LogP contribution in [0.4, 0.5) is 0 Å². The number of ether oxygens (including phenoxy) is 1. The van der Waals surface area contributed by atoms with Gasteiger partial charge in [-0.1, -0.05) is 12.1 Å². The Labute approximate surface area is 107 Å². The SMILES string of the molecule is COc1cccc([C@@H]2CN(S(N)(=O)=O)C[C@H]2N)c1. The molecule has 0 aliphatic carbocycles. The Morgan fingerprint density at radius 3 is 2.67 bits per heavy atom. The van der Waals surface area contributed by atoms with Crippen molar-refractivity contribution in [1.82, 2.24) is 4.31 Å². The average Bonchev–Trinajstić information content (AvgIpc) is 2.71. The zero-order chi connectivity index (χ0) is 13.3. The van der Waals surface area contributed by atoms with Gasteiger partial charge < -0.3 is 10.5 Å². The van der Waals surface area contributed by atoms with E-state index in [1.165, 1.54) is 4.31 Å². The highest BCUT2D eigenvalue weighted by molar-refractivity contribution is 7.86. The highest BCUT2D eigenvalue weighted by atomic mass is 32.2. The molecule has 1 saturated heterocycles. The topological polar surface area (TPSA) is 98.6 Å². The van der Waals surface area contributed by atoms with Gasteiger partial charge in [-0.2, -0.15) is 12.7 Å². The minimum atomic E-state index is -3.67. The molecule has 1 aromatic rings. The van der Waals surface area contributed by atoms with Crippen LogP contribution in [0.25, 0.3) is 0 Å². The van der Waals surface area contributed by atoms with E-state index in [1.807, 2.05) is 24.3 Å². The van der Waals surface area contributed by atoms with Gasteiger partial charge in [-0.25, -0.2) is 5.14 Å². The van der Waals surface area contributed by atoms with E-state index in [2.05, 4.69) is 0 Å². The molecule has 1 heterocycles. The summed E-state index contributed by atoms with van der Waals surface area (Å²) in [6.45, 7) is 0.563. The van der Waals surface area contributed by atoms with Crippen molar-refractivity contribution in [2.75, 3.05) is 20.2 Å². The predicted molar refractivity (Wildman–Crippen MR) is 68.4 cm³/mol. The predicted octanol–water partition coefficient (Wildman–Crippen LogP) is -0.375. The molecule has 2 rings (SSSR count). The first-order chi connectivity index (χ1) is 8.41. The molecule has 2 atom stereocenters. The van der Waals surface area contributed by atoms with Gasteiger partial charge in [0.25, 0.3) is 10.2 Å². The van der Waals surface area contributed by atoms with Crippen molar-refractivity contribution in [2.45, 2.75) is 12.0 Å². The first kappa shape index (κ1) is 13.3. The molecule has 4 N–H and O–H groups in total. The van der Waals surface area contributed by atoms with Crippen molar-refractivity contribution in [3.63, 3.8) is 0 Å². The maximum atomic E-state index is 11.3. The summed E-state index contributed by atoms with van der Waals surface area (Å²) in [7, 11) is -2.08. The lowest BCUT2D eigenvalue weighted by Gasteiger charge is -2.15. The standard InChI is InChI=1S/C11H17N3O3S/c1-17-9-4-2-3-8(5-9)10-6-14(7-11(10)12)18(13,15)16/h2-5,10-11H,6-7,12H2,1H3,(H2,13,15,16)/t10-,11+/m0/s1. The van der Waals surface area contributed by atoms with Gasteiger partial charge >= 0.3 is 0 Å². The second-order valence-corrected chi connectivity index (χ2v) is 5.96. The average molecular weight is 271 g/mol. The molecule has 0 radical (unpaired) electrons. The summed E-state index contributed by atoms with van der Waals surface area (Å²) in [5.41, 5.74) is 6.95. The van der Waals surface area contributed by atoms with Gasteiger partial charge in [0.2, 0.25) is 0 Å². The van der Waals surface area contributed by atoms with Crippen molar-refractivity contribution >= 4 is 10.2 Å². The van der Waals surface area contributed by atoms with E-state index in [-0.39, 0.29) is 18.5 Å². The third kappa shape index (κ3) is 2.64. The van der Waals surface area contributed by atoms with Gasteiger partial charge in [-0.3, -0.25) is 0 Å². The fraction of sp³-hybridized carbons (Fsp3) is 0.455. The van der Waals surface area contributed by atoms with Gasteiger partial charge in [0.15, 0.2) is 0 Å². The van der Waals surface area contributed by atoms with E-state index >= 15 is 0 Å². The largest absolute Gasteiger partial charge is 0.497 e. The van der Waals surface area contributed by atoms with Crippen LogP contribution in [0.1, 0.15) is 11.5 Å². The summed E-state index contributed by atoms with van der Waals surface area (Å²) in [5.74, 6) is 0.673. The Bertz CT molecular complexity index is 532. The van der Waals surface area contributed by atoms with Gasteiger partial charge in [-0.05, 0) is 17.7 Å². The number of hydrogen-bond donors (Lipinski definition) is 2. The van der Waals surface area contributed by atoms with Crippen LogP contribution in [0.3, 0.4) is 0 Å². The zero-order valence-corrected chi connectivity index (χ0v) is 10.9. The summed E-state index contributed by atoms with van der Waals surface area (Å²) >= 11 is 0. The van der Waals surface area contributed by atoms with Crippen molar-refractivity contribution in [3.8, 4) is 5.75 Å². The van der Waals surface area contributed by atoms with E-state index in [0.29, 0.717) is 6.54 Å². The third-order valence-electron chi connectivity index (χ3n) is 3.21. The molecule has 0 bridgehead atoms. The molecule has 0 amide bonds. The summed E-state index contributed by atoms with van der Waals surface area (Å²) in [6.07, 6.45) is 0. The van der Waals surface area contributed by atoms with Gasteiger partial charge in [0, 0.05) is 25.0 Å². The molecule has 18 heavy (non-hydrogen) atoms. The molecule has 1 aliphatic rings. The molecular weight excluding hydrogens is 254 g/mol. The molecule has 6 nitrogen and oxygen atoms in total. The van der Waals surface area contributed by atoms with E-state index in [0.717, 1.165) is 11.3 Å². The van der Waals surface area contributed by atoms with Crippen LogP contribution in [-0.2, 0) is 10.2 Å². The summed E-state index contributed by atoms with van der Waals surface area (Å²) < 4.78 is 29.0. The molecule has 0 unspecified atom stereocenters. The Morgan fingerprint density at radius 1 is 1.39 bits per heavy atom. The summed E-state index contributed by atoms with van der Waals surface area (Å²) in [5, 5.41) is 5.12. The number of rotatable bonds is 3. The van der Waals surface area contributed by atoms with Crippen molar-refractivity contribution in [3.05, 3.63) is 29.8 Å². The normalized spacial score (nSPS) is 25.3. The number of methoxy groups -OCH3 is 1. The van der Waals surface area contributed by atoms with E-state index in [1.54, 1.807) is 7.11 Å². The van der Waals surface area contributed by atoms with E-state index < -0.39 is 10.2 Å². The highest BCUT2D eigenvalue weighted by Gasteiger charge is 2.36. The Balaban J connectivity index is 2.24. The van der Waals surface area contributed by atoms with Gasteiger partial charge in [0.05, 0.1) is 7.11 Å². The van der Waals surface area contributed by atoms with Crippen LogP contribution in [-0.4, -0.2) is 39.0 Å². The zero-order valence-electron chi connectivity index (χ0n) is 10.1. The van der Waals surface area contributed by atoms with Crippen molar-refractivity contribution in [1.29, 1.82) is 0 Å². The number of nitrogens with two attached hydrogens (primary N) is 2. The maximum absolute atomic E-state index is 11.3. The number of benzene rings is 1. The Morgan fingerprint density at radius 2 is 2.11 bits per heavy atom. The van der Waals surface area contributed by atoms with Crippen LogP contribution >= 0.6 is 0 Å². The lowest BCUT2D eigenvalue weighted by Crippen LogP contribution is -2.36. The molecule has 0 saturated carbocycles. The van der Waals surface area contributed by atoms with Gasteiger partial charge in [-0.15, -0.1) is 0 Å². The maximum Gasteiger partial charge on any atom is 0.276 e. The molecule has 1 aromatic carbocycles. The number of nitrogens with zero attached hydrogens (tertiary/aromatic N) is 1. The smallest absolute Gasteiger partial charge is 0.276 e. The van der Waals surface area contributed by atoms with Crippen LogP contribution in [0, 0.1) is 0 Å². The second-order valence-electron chi connectivity index (χ2n) is 4.41. The quantitative estimate of drug-likeness (QED) is 0.783. The van der Waals surface area contributed by atoms with Crippen LogP contribution in [0.5, 0.6) is 5.75 Å². The lowest BCUT2D eigenvalue weighted by atomic mass is 9.95. The fourth-order valence-electron chi connectivity index (χ4n) is 2.22. The minimum Gasteiger partial charge on any atom is -0.497 e. The van der Waals surface area contributed by atoms with Crippen molar-refractivity contribution in [2.24, 2.45) is 10.9 Å². The van der Waals surface area contributed by atoms with Crippen LogP contribution < -0.4 is 15.6 Å². The van der Waals surface area contributed by atoms with Crippen molar-refractivity contribution < 1.29 is 13.2 Å². The Hall–Kier alpha value is -1.15. The first-order valence-electron chi connectivity index (χ1n) is 5.59. The third-order valence-corrected chi connectivity index (χ3v) is 4.23. The molecule has 1 fully saturated rings. The molecule has 0 aromatic heterocycles. The molecular formula is C11H17N3O3S. The second kappa shape index (κ2) is 4.85. The van der Waals surface area contributed by atoms with E-state index in [9.17, 15) is 8.42 Å². The van der Waals surface area contributed by atoms with Crippen LogP contribution in [0.15, 0.2) is 24.3 Å². The minimum absolute atomic E-state index is 0.0570. The highest BCUT2D eigenvalue weighted by Crippen LogP contribution is 2.29.